The quantitative estimate of drug-likeness (QED) is 0.558. The summed E-state index contributed by atoms with van der Waals surface area (Å²) in [7, 11) is 4.02. The second-order valence-electron chi connectivity index (χ2n) is 4.11. The molecule has 0 aromatic rings. The van der Waals surface area contributed by atoms with Gasteiger partial charge in [0.15, 0.2) is 5.41 Å². The van der Waals surface area contributed by atoms with E-state index in [1.807, 2.05) is 0 Å². The first kappa shape index (κ1) is 14.4. The topological polar surface area (TPSA) is 61.8 Å². The molecule has 0 amide bonds. The van der Waals surface area contributed by atoms with Gasteiger partial charge < -0.3 is 14.2 Å². The number of carbonyl (C=O) groups is 2. The summed E-state index contributed by atoms with van der Waals surface area (Å²) in [6.45, 7) is 3.68. The fourth-order valence-electron chi connectivity index (χ4n) is 2.18. The Labute approximate surface area is 106 Å². The number of methoxy groups -OCH3 is 3. The Morgan fingerprint density at radius 2 is 1.89 bits per heavy atom. The lowest BCUT2D eigenvalue weighted by molar-refractivity contribution is -0.172. The summed E-state index contributed by atoms with van der Waals surface area (Å²) in [5, 5.41) is 0. The van der Waals surface area contributed by atoms with Crippen molar-refractivity contribution in [3.63, 3.8) is 0 Å². The maximum atomic E-state index is 11.9. The zero-order valence-corrected chi connectivity index (χ0v) is 10.9. The number of carbonyl (C=O) groups excluding carboxylic acids is 2. The van der Waals surface area contributed by atoms with Gasteiger partial charge in [0.25, 0.3) is 0 Å². The van der Waals surface area contributed by atoms with Gasteiger partial charge in [-0.3, -0.25) is 9.59 Å². The minimum atomic E-state index is -1.32. The lowest BCUT2D eigenvalue weighted by Gasteiger charge is -2.34. The summed E-state index contributed by atoms with van der Waals surface area (Å²) in [5.74, 6) is -1.20. The highest BCUT2D eigenvalue weighted by molar-refractivity contribution is 6.00. The van der Waals surface area contributed by atoms with Crippen LogP contribution in [0.1, 0.15) is 12.8 Å². The van der Waals surface area contributed by atoms with Crippen molar-refractivity contribution >= 4 is 11.9 Å². The van der Waals surface area contributed by atoms with E-state index >= 15 is 0 Å². The van der Waals surface area contributed by atoms with Crippen LogP contribution in [0.5, 0.6) is 0 Å². The fourth-order valence-corrected chi connectivity index (χ4v) is 2.18. The fraction of sp³-hybridized carbons (Fsp3) is 0.538. The van der Waals surface area contributed by atoms with Crippen LogP contribution in [0.4, 0.5) is 0 Å². The van der Waals surface area contributed by atoms with E-state index in [2.05, 4.69) is 6.58 Å². The summed E-state index contributed by atoms with van der Waals surface area (Å²) >= 11 is 0. The van der Waals surface area contributed by atoms with Gasteiger partial charge in [0.2, 0.25) is 0 Å². The van der Waals surface area contributed by atoms with Crippen LogP contribution in [0.3, 0.4) is 0 Å². The standard InChI is InChI=1S/C13H18O5/c1-5-9-6-7-13(11(14)17-3,12(15)18-4)8-10(9)16-2/h5-6,10H,1,7-8H2,2-4H3. The van der Waals surface area contributed by atoms with Crippen molar-refractivity contribution in [1.82, 2.24) is 0 Å². The lowest BCUT2D eigenvalue weighted by Crippen LogP contribution is -2.46. The minimum absolute atomic E-state index is 0.195. The van der Waals surface area contributed by atoms with Crippen LogP contribution in [-0.2, 0) is 23.8 Å². The van der Waals surface area contributed by atoms with Crippen molar-refractivity contribution in [2.75, 3.05) is 21.3 Å². The first-order chi connectivity index (χ1) is 8.55. The molecule has 0 spiro atoms. The molecule has 100 valence electrons. The zero-order valence-electron chi connectivity index (χ0n) is 10.9. The second kappa shape index (κ2) is 5.82. The average molecular weight is 254 g/mol. The van der Waals surface area contributed by atoms with Gasteiger partial charge in [-0.25, -0.2) is 0 Å². The van der Waals surface area contributed by atoms with Crippen LogP contribution in [0.25, 0.3) is 0 Å². The van der Waals surface area contributed by atoms with Gasteiger partial charge >= 0.3 is 11.9 Å². The van der Waals surface area contributed by atoms with E-state index in [0.29, 0.717) is 0 Å². The number of ether oxygens (including phenoxy) is 3. The molecule has 0 bridgehead atoms. The van der Waals surface area contributed by atoms with Gasteiger partial charge in [-0.2, -0.15) is 0 Å². The number of allylic oxidation sites excluding steroid dienone is 1. The third-order valence-corrected chi connectivity index (χ3v) is 3.26. The Morgan fingerprint density at radius 1 is 1.33 bits per heavy atom. The number of hydrogen-bond donors (Lipinski definition) is 0. The van der Waals surface area contributed by atoms with Gasteiger partial charge in [-0.05, 0) is 12.0 Å². The minimum Gasteiger partial charge on any atom is -0.468 e. The Kier molecular flexibility index (Phi) is 4.67. The molecular weight excluding hydrogens is 236 g/mol. The molecule has 1 rings (SSSR count). The lowest BCUT2D eigenvalue weighted by atomic mass is 9.73. The number of esters is 2. The van der Waals surface area contributed by atoms with Crippen LogP contribution in [0, 0.1) is 5.41 Å². The summed E-state index contributed by atoms with van der Waals surface area (Å²) in [5.41, 5.74) is -0.461. The SMILES string of the molecule is C=CC1=CCC(C(=O)OC)(C(=O)OC)CC1OC. The van der Waals surface area contributed by atoms with E-state index in [1.54, 1.807) is 12.2 Å². The molecule has 5 heteroatoms. The normalized spacial score (nSPS) is 21.7. The largest absolute Gasteiger partial charge is 0.468 e. The van der Waals surface area contributed by atoms with Crippen molar-refractivity contribution in [2.24, 2.45) is 5.41 Å². The van der Waals surface area contributed by atoms with E-state index in [0.717, 1.165) is 5.57 Å². The maximum Gasteiger partial charge on any atom is 0.323 e. The molecule has 1 atom stereocenters. The molecular formula is C13H18O5. The van der Waals surface area contributed by atoms with Crippen molar-refractivity contribution in [1.29, 1.82) is 0 Å². The van der Waals surface area contributed by atoms with Crippen molar-refractivity contribution in [3.05, 3.63) is 24.3 Å². The van der Waals surface area contributed by atoms with Crippen LogP contribution < -0.4 is 0 Å². The van der Waals surface area contributed by atoms with Crippen LogP contribution in [0.2, 0.25) is 0 Å². The Bertz CT molecular complexity index is 367. The molecule has 0 aromatic carbocycles. The number of rotatable bonds is 4. The van der Waals surface area contributed by atoms with Crippen molar-refractivity contribution in [3.8, 4) is 0 Å². The van der Waals surface area contributed by atoms with Gasteiger partial charge in [0.1, 0.15) is 0 Å². The van der Waals surface area contributed by atoms with Crippen LogP contribution >= 0.6 is 0 Å². The van der Waals surface area contributed by atoms with Gasteiger partial charge in [-0.15, -0.1) is 0 Å². The molecule has 18 heavy (non-hydrogen) atoms. The third-order valence-electron chi connectivity index (χ3n) is 3.26. The van der Waals surface area contributed by atoms with Crippen LogP contribution in [-0.4, -0.2) is 39.4 Å². The molecule has 1 aliphatic carbocycles. The van der Waals surface area contributed by atoms with Crippen LogP contribution in [0.15, 0.2) is 24.3 Å². The molecule has 1 aliphatic rings. The highest BCUT2D eigenvalue weighted by Crippen LogP contribution is 2.39. The predicted octanol–water partition coefficient (Wildman–Crippen LogP) is 1.24. The van der Waals surface area contributed by atoms with Gasteiger partial charge in [0.05, 0.1) is 20.3 Å². The van der Waals surface area contributed by atoms with Crippen molar-refractivity contribution in [2.45, 2.75) is 18.9 Å². The van der Waals surface area contributed by atoms with E-state index in [4.69, 9.17) is 14.2 Å². The summed E-state index contributed by atoms with van der Waals surface area (Å²) < 4.78 is 14.7. The van der Waals surface area contributed by atoms with E-state index in [-0.39, 0.29) is 18.9 Å². The third kappa shape index (κ3) is 2.31. The Morgan fingerprint density at radius 3 is 2.28 bits per heavy atom. The summed E-state index contributed by atoms with van der Waals surface area (Å²) in [6.07, 6.45) is 3.48. The van der Waals surface area contributed by atoms with E-state index in [9.17, 15) is 9.59 Å². The molecule has 0 radical (unpaired) electrons. The summed E-state index contributed by atoms with van der Waals surface area (Å²) in [4.78, 5) is 23.8. The molecule has 0 saturated heterocycles. The average Bonchev–Trinajstić information content (AvgIpc) is 2.44. The molecule has 0 aliphatic heterocycles. The molecule has 0 fully saturated rings. The first-order valence-electron chi connectivity index (χ1n) is 5.57. The smallest absolute Gasteiger partial charge is 0.323 e. The number of hydrogen-bond acceptors (Lipinski definition) is 5. The van der Waals surface area contributed by atoms with Gasteiger partial charge in [-0.1, -0.05) is 18.7 Å². The molecule has 0 N–H and O–H groups in total. The second-order valence-corrected chi connectivity index (χ2v) is 4.11. The van der Waals surface area contributed by atoms with Gasteiger partial charge in [0, 0.05) is 13.5 Å². The summed E-state index contributed by atoms with van der Waals surface area (Å²) in [6, 6.07) is 0. The molecule has 0 aromatic heterocycles. The predicted molar refractivity (Wildman–Crippen MR) is 64.8 cm³/mol. The molecule has 1 unspecified atom stereocenters. The first-order valence-corrected chi connectivity index (χ1v) is 5.57. The maximum absolute atomic E-state index is 11.9. The molecule has 5 nitrogen and oxygen atoms in total. The zero-order chi connectivity index (χ0) is 13.8. The molecule has 0 saturated carbocycles. The monoisotopic (exact) mass is 254 g/mol. The molecule has 0 heterocycles. The Balaban J connectivity index is 3.16. The van der Waals surface area contributed by atoms with E-state index in [1.165, 1.54) is 21.3 Å². The van der Waals surface area contributed by atoms with Crippen molar-refractivity contribution < 1.29 is 23.8 Å². The highest BCUT2D eigenvalue weighted by atomic mass is 16.5. The Hall–Kier alpha value is -1.62. The highest BCUT2D eigenvalue weighted by Gasteiger charge is 2.51. The van der Waals surface area contributed by atoms with E-state index < -0.39 is 17.4 Å².